The van der Waals surface area contributed by atoms with Crippen LogP contribution < -0.4 is 4.74 Å². The highest BCUT2D eigenvalue weighted by molar-refractivity contribution is 7.86. The largest absolute Gasteiger partial charge is 0.507 e. The van der Waals surface area contributed by atoms with Crippen LogP contribution in [0.25, 0.3) is 54.9 Å². The minimum atomic E-state index is -4.71. The molecule has 7 heteroatoms. The molecule has 47 heavy (non-hydrogen) atoms. The first kappa shape index (κ1) is 29.9. The summed E-state index contributed by atoms with van der Waals surface area (Å²) >= 11 is 0. The van der Waals surface area contributed by atoms with Crippen molar-refractivity contribution in [1.82, 2.24) is 0 Å². The number of carbonyl (C=O) groups is 1. The van der Waals surface area contributed by atoms with Crippen molar-refractivity contribution < 1.29 is 27.6 Å². The van der Waals surface area contributed by atoms with E-state index < -0.39 is 26.5 Å². The second-order valence-electron chi connectivity index (χ2n) is 11.2. The molecule has 0 bridgehead atoms. The first-order valence-electron chi connectivity index (χ1n) is 14.9. The summed E-state index contributed by atoms with van der Waals surface area (Å²) in [5, 5.41) is 15.0. The number of phenolic OH excluding ortho intramolecular Hbond substituents is 1. The van der Waals surface area contributed by atoms with Gasteiger partial charge in [-0.3, -0.25) is 9.35 Å². The Morgan fingerprint density at radius 2 is 1.09 bits per heavy atom. The van der Waals surface area contributed by atoms with Gasteiger partial charge in [-0.05, 0) is 67.1 Å². The van der Waals surface area contributed by atoms with E-state index in [0.717, 1.165) is 61.7 Å². The lowest BCUT2D eigenvalue weighted by Crippen LogP contribution is -2.07. The number of benzene rings is 7. The van der Waals surface area contributed by atoms with E-state index in [0.29, 0.717) is 0 Å². The normalized spacial score (nSPS) is 11.5. The minimum Gasteiger partial charge on any atom is -0.507 e. The molecule has 7 rings (SSSR count). The van der Waals surface area contributed by atoms with E-state index in [-0.39, 0.29) is 16.9 Å². The van der Waals surface area contributed by atoms with Crippen molar-refractivity contribution in [3.8, 4) is 44.9 Å². The van der Waals surface area contributed by atoms with Gasteiger partial charge >= 0.3 is 0 Å². The molecule has 7 aromatic rings. The number of hydrogen-bond donors (Lipinski definition) is 2. The Balaban J connectivity index is 1.37. The average molecular weight is 637 g/mol. The Labute approximate surface area is 271 Å². The van der Waals surface area contributed by atoms with E-state index >= 15 is 0 Å². The van der Waals surface area contributed by atoms with Crippen LogP contribution in [0.5, 0.6) is 11.5 Å². The van der Waals surface area contributed by atoms with Crippen LogP contribution in [0.4, 0.5) is 0 Å². The fraction of sp³-hybridized carbons (Fsp3) is 0.0250. The zero-order valence-electron chi connectivity index (χ0n) is 25.2. The molecule has 0 aliphatic rings. The van der Waals surface area contributed by atoms with Gasteiger partial charge in [0.15, 0.2) is 5.78 Å². The van der Waals surface area contributed by atoms with E-state index in [4.69, 9.17) is 4.74 Å². The Hall–Kier alpha value is -5.76. The molecule has 0 aromatic heterocycles. The van der Waals surface area contributed by atoms with Crippen LogP contribution in [0.15, 0.2) is 144 Å². The molecule has 0 saturated heterocycles. The van der Waals surface area contributed by atoms with Crippen LogP contribution in [-0.2, 0) is 10.1 Å². The van der Waals surface area contributed by atoms with Crippen LogP contribution in [0, 0.1) is 0 Å². The molecule has 2 N–H and O–H groups in total. The van der Waals surface area contributed by atoms with E-state index in [2.05, 4.69) is 66.7 Å². The topological polar surface area (TPSA) is 101 Å². The second-order valence-corrected chi connectivity index (χ2v) is 12.6. The lowest BCUT2D eigenvalue weighted by atomic mass is 9.85. The molecule has 0 saturated carbocycles. The first-order chi connectivity index (χ1) is 22.7. The SMILES string of the molecule is COc1cc(O)c(C(=O)c2ccc(-c3ccc4c(-c5ccccc5)c5ccccc5c(-c5ccccc5)c4c3)cc2)cc1S(=O)(=O)O. The van der Waals surface area contributed by atoms with Gasteiger partial charge in [-0.2, -0.15) is 8.42 Å². The van der Waals surface area contributed by atoms with Crippen LogP contribution in [0.2, 0.25) is 0 Å². The average Bonchev–Trinajstić information content (AvgIpc) is 3.10. The molecule has 0 unspecified atom stereocenters. The smallest absolute Gasteiger partial charge is 0.298 e. The molecule has 0 atom stereocenters. The maximum absolute atomic E-state index is 13.4. The highest BCUT2D eigenvalue weighted by atomic mass is 32.2. The van der Waals surface area contributed by atoms with Crippen LogP contribution in [0.1, 0.15) is 15.9 Å². The zero-order valence-corrected chi connectivity index (χ0v) is 26.0. The molecule has 0 heterocycles. The van der Waals surface area contributed by atoms with Crippen molar-refractivity contribution >= 4 is 37.4 Å². The van der Waals surface area contributed by atoms with Gasteiger partial charge in [-0.25, -0.2) is 0 Å². The summed E-state index contributed by atoms with van der Waals surface area (Å²) in [6, 6.07) is 44.4. The Kier molecular flexibility index (Phi) is 7.56. The number of carbonyl (C=O) groups excluding carboxylic acids is 1. The van der Waals surface area contributed by atoms with Crippen molar-refractivity contribution in [3.05, 3.63) is 151 Å². The molecule has 230 valence electrons. The number of methoxy groups -OCH3 is 1. The fourth-order valence-corrected chi connectivity index (χ4v) is 6.91. The third-order valence-corrected chi connectivity index (χ3v) is 9.31. The quantitative estimate of drug-likeness (QED) is 0.103. The molecule has 7 aromatic carbocycles. The second kappa shape index (κ2) is 11.9. The molecular formula is C40H28O6S. The maximum Gasteiger partial charge on any atom is 0.298 e. The molecular weight excluding hydrogens is 609 g/mol. The number of rotatable bonds is 7. The number of ether oxygens (including phenoxy) is 1. The van der Waals surface area contributed by atoms with Crippen molar-refractivity contribution in [2.75, 3.05) is 7.11 Å². The standard InChI is InChI=1S/C40H28O6S/c1-46-36-24-35(41)34(23-37(36)47(43,44)45)40(42)28-18-16-25(17-19-28)29-20-21-32-33(22-29)39(27-12-6-3-7-13-27)31-15-9-8-14-30(31)38(32)26-10-4-2-5-11-26/h2-24,41H,1H3,(H,43,44,45). The fourth-order valence-electron chi connectivity index (χ4n) is 6.25. The van der Waals surface area contributed by atoms with Gasteiger partial charge < -0.3 is 9.84 Å². The Morgan fingerprint density at radius 3 is 1.64 bits per heavy atom. The monoisotopic (exact) mass is 636 g/mol. The summed E-state index contributed by atoms with van der Waals surface area (Å²) in [7, 11) is -3.51. The highest BCUT2D eigenvalue weighted by Gasteiger charge is 2.24. The maximum atomic E-state index is 13.4. The van der Waals surface area contributed by atoms with E-state index in [1.54, 1.807) is 12.1 Å². The van der Waals surface area contributed by atoms with Gasteiger partial charge in [0.1, 0.15) is 16.4 Å². The van der Waals surface area contributed by atoms with E-state index in [1.165, 1.54) is 12.5 Å². The number of ketones is 1. The predicted molar refractivity (Wildman–Crippen MR) is 186 cm³/mol. The summed E-state index contributed by atoms with van der Waals surface area (Å²) in [4.78, 5) is 12.8. The van der Waals surface area contributed by atoms with Crippen molar-refractivity contribution in [3.63, 3.8) is 0 Å². The third kappa shape index (κ3) is 5.42. The first-order valence-corrected chi connectivity index (χ1v) is 16.3. The number of aromatic hydroxyl groups is 1. The van der Waals surface area contributed by atoms with Crippen LogP contribution in [-0.4, -0.2) is 31.0 Å². The number of hydrogen-bond acceptors (Lipinski definition) is 5. The lowest BCUT2D eigenvalue weighted by Gasteiger charge is -2.18. The van der Waals surface area contributed by atoms with E-state index in [9.17, 15) is 22.9 Å². The van der Waals surface area contributed by atoms with Gasteiger partial charge in [0.2, 0.25) is 0 Å². The summed E-state index contributed by atoms with van der Waals surface area (Å²) in [6.45, 7) is 0. The summed E-state index contributed by atoms with van der Waals surface area (Å²) in [5.74, 6) is -1.34. The molecule has 0 aliphatic heterocycles. The molecule has 0 fully saturated rings. The number of fused-ring (bicyclic) bond motifs is 2. The van der Waals surface area contributed by atoms with Gasteiger partial charge in [0, 0.05) is 11.6 Å². The molecule has 0 aliphatic carbocycles. The Bertz CT molecular complexity index is 2420. The van der Waals surface area contributed by atoms with E-state index in [1.807, 2.05) is 48.5 Å². The van der Waals surface area contributed by atoms with Crippen LogP contribution >= 0.6 is 0 Å². The number of phenols is 1. The van der Waals surface area contributed by atoms with Crippen molar-refractivity contribution in [2.24, 2.45) is 0 Å². The lowest BCUT2D eigenvalue weighted by molar-refractivity contribution is 0.103. The zero-order chi connectivity index (χ0) is 32.7. The van der Waals surface area contributed by atoms with Crippen molar-refractivity contribution in [2.45, 2.75) is 4.90 Å². The molecule has 0 radical (unpaired) electrons. The molecule has 0 amide bonds. The summed E-state index contributed by atoms with van der Waals surface area (Å²) < 4.78 is 38.4. The van der Waals surface area contributed by atoms with Crippen LogP contribution in [0.3, 0.4) is 0 Å². The predicted octanol–water partition coefficient (Wildman–Crippen LogP) is 9.19. The summed E-state index contributed by atoms with van der Waals surface area (Å²) in [5.41, 5.74) is 6.31. The molecule has 6 nitrogen and oxygen atoms in total. The van der Waals surface area contributed by atoms with Gasteiger partial charge in [0.05, 0.1) is 12.7 Å². The minimum absolute atomic E-state index is 0.235. The Morgan fingerprint density at radius 1 is 0.574 bits per heavy atom. The van der Waals surface area contributed by atoms with Crippen molar-refractivity contribution in [1.29, 1.82) is 0 Å². The van der Waals surface area contributed by atoms with Gasteiger partial charge in [0.25, 0.3) is 10.1 Å². The third-order valence-electron chi connectivity index (χ3n) is 8.43. The van der Waals surface area contributed by atoms with Gasteiger partial charge in [-0.1, -0.05) is 121 Å². The van der Waals surface area contributed by atoms with Gasteiger partial charge in [-0.15, -0.1) is 0 Å². The summed E-state index contributed by atoms with van der Waals surface area (Å²) in [6.07, 6.45) is 0. The molecule has 0 spiro atoms. The highest BCUT2D eigenvalue weighted by Crippen LogP contribution is 2.44.